The van der Waals surface area contributed by atoms with E-state index in [0.29, 0.717) is 25.7 Å². The number of esters is 5. The molecule has 0 amide bonds. The highest BCUT2D eigenvalue weighted by Gasteiger charge is 2.46. The van der Waals surface area contributed by atoms with Crippen molar-refractivity contribution in [1.29, 1.82) is 0 Å². The highest BCUT2D eigenvalue weighted by molar-refractivity contribution is 5.77. The van der Waals surface area contributed by atoms with Crippen LogP contribution in [0.3, 0.4) is 0 Å². The Morgan fingerprint density at radius 3 is 1.15 bits per heavy atom. The number of carbonyl (C=O) groups is 5. The minimum Gasteiger partial charge on any atom is -0.462 e. The van der Waals surface area contributed by atoms with Gasteiger partial charge in [-0.2, -0.15) is 0 Å². The van der Waals surface area contributed by atoms with Crippen LogP contribution in [-0.2, 0) is 47.7 Å². The summed E-state index contributed by atoms with van der Waals surface area (Å²) < 4.78 is 28.5. The van der Waals surface area contributed by atoms with Crippen molar-refractivity contribution in [3.05, 3.63) is 0 Å². The van der Waals surface area contributed by atoms with Crippen LogP contribution in [0.25, 0.3) is 0 Å². The summed E-state index contributed by atoms with van der Waals surface area (Å²) in [7, 11) is 0. The molecular formula is C38H58O10. The molecule has 0 aromatic carbocycles. The molecule has 48 heavy (non-hydrogen) atoms. The maximum absolute atomic E-state index is 14.4. The molecule has 0 aromatic heterocycles. The van der Waals surface area contributed by atoms with Crippen LogP contribution in [0.15, 0.2) is 0 Å². The zero-order valence-electron chi connectivity index (χ0n) is 29.0. The number of unbranched alkanes of at least 4 members (excludes halogenated alkanes) is 4. The van der Waals surface area contributed by atoms with Gasteiger partial charge in [-0.1, -0.05) is 12.8 Å². The van der Waals surface area contributed by atoms with Gasteiger partial charge in [-0.25, -0.2) is 0 Å². The largest absolute Gasteiger partial charge is 0.462 e. The molecule has 0 bridgehead atoms. The van der Waals surface area contributed by atoms with Crippen LogP contribution < -0.4 is 0 Å². The minimum atomic E-state index is -0.545. The molecule has 5 aliphatic rings. The van der Waals surface area contributed by atoms with E-state index >= 15 is 0 Å². The molecule has 0 saturated carbocycles. The van der Waals surface area contributed by atoms with Crippen LogP contribution in [0.4, 0.5) is 0 Å². The Labute approximate surface area is 286 Å². The molecule has 5 fully saturated rings. The summed E-state index contributed by atoms with van der Waals surface area (Å²) >= 11 is 0. The van der Waals surface area contributed by atoms with Gasteiger partial charge in [0, 0.05) is 25.7 Å². The van der Waals surface area contributed by atoms with E-state index in [1.165, 1.54) is 0 Å². The molecule has 10 nitrogen and oxygen atoms in total. The molecule has 270 valence electrons. The molecule has 4 atom stereocenters. The van der Waals surface area contributed by atoms with E-state index in [2.05, 4.69) is 0 Å². The second-order valence-electron chi connectivity index (χ2n) is 15.3. The summed E-state index contributed by atoms with van der Waals surface area (Å²) in [5, 5.41) is 0. The van der Waals surface area contributed by atoms with Crippen molar-refractivity contribution in [2.24, 2.45) is 5.41 Å². The van der Waals surface area contributed by atoms with Gasteiger partial charge in [0.2, 0.25) is 0 Å². The third-order valence-corrected chi connectivity index (χ3v) is 11.6. The summed E-state index contributed by atoms with van der Waals surface area (Å²) in [5.41, 5.74) is -1.07. The summed E-state index contributed by atoms with van der Waals surface area (Å²) in [4.78, 5) is 60.7. The van der Waals surface area contributed by atoms with Crippen molar-refractivity contribution in [2.75, 3.05) is 0 Å². The average Bonchev–Trinajstić information content (AvgIpc) is 3.86. The Bertz CT molecular complexity index is 1050. The van der Waals surface area contributed by atoms with Crippen LogP contribution in [0.5, 0.6) is 0 Å². The van der Waals surface area contributed by atoms with E-state index < -0.39 is 11.0 Å². The lowest BCUT2D eigenvalue weighted by Crippen LogP contribution is -2.39. The van der Waals surface area contributed by atoms with Crippen LogP contribution in [0.2, 0.25) is 0 Å². The van der Waals surface area contributed by atoms with Crippen molar-refractivity contribution in [2.45, 2.75) is 203 Å². The number of ether oxygens (including phenoxy) is 5. The van der Waals surface area contributed by atoms with Crippen molar-refractivity contribution in [1.82, 2.24) is 0 Å². The van der Waals surface area contributed by atoms with E-state index in [-0.39, 0.29) is 54.3 Å². The molecule has 5 heterocycles. The SMILES string of the molecule is O=C1CCC(CCCCC2(CCCCC3CCC(=O)O3)CCCC(CCCCC3CCC(=O)O3)(CCCCC3CCC(=O)O3)C(=O)O2)O1. The van der Waals surface area contributed by atoms with Gasteiger partial charge in [0.15, 0.2) is 0 Å². The Balaban J connectivity index is 1.19. The van der Waals surface area contributed by atoms with Gasteiger partial charge in [-0.15, -0.1) is 0 Å². The van der Waals surface area contributed by atoms with Gasteiger partial charge in [-0.05, 0) is 135 Å². The minimum absolute atomic E-state index is 0.00295. The molecule has 0 N–H and O–H groups in total. The maximum atomic E-state index is 14.4. The first kappa shape index (κ1) is 36.6. The maximum Gasteiger partial charge on any atom is 0.312 e. The lowest BCUT2D eigenvalue weighted by molar-refractivity contribution is -0.173. The fourth-order valence-electron chi connectivity index (χ4n) is 8.72. The molecule has 4 unspecified atom stereocenters. The van der Waals surface area contributed by atoms with Gasteiger partial charge in [0.25, 0.3) is 0 Å². The normalized spacial score (nSPS) is 32.1. The molecule has 0 aliphatic carbocycles. The summed E-state index contributed by atoms with van der Waals surface area (Å²) in [6.45, 7) is 0. The highest BCUT2D eigenvalue weighted by Crippen LogP contribution is 2.46. The van der Waals surface area contributed by atoms with E-state index in [4.69, 9.17) is 23.7 Å². The zero-order chi connectivity index (χ0) is 33.8. The number of carbonyl (C=O) groups excluding carboxylic acids is 5. The number of hydrogen-bond donors (Lipinski definition) is 0. The van der Waals surface area contributed by atoms with E-state index in [0.717, 1.165) is 148 Å². The monoisotopic (exact) mass is 674 g/mol. The quantitative estimate of drug-likeness (QED) is 0.0726. The third kappa shape index (κ3) is 10.9. The molecule has 0 radical (unpaired) electrons. The molecule has 10 heteroatoms. The van der Waals surface area contributed by atoms with Gasteiger partial charge in [0.05, 0.1) is 5.41 Å². The average molecular weight is 675 g/mol. The van der Waals surface area contributed by atoms with Crippen molar-refractivity contribution in [3.8, 4) is 0 Å². The smallest absolute Gasteiger partial charge is 0.312 e. The topological polar surface area (TPSA) is 132 Å². The summed E-state index contributed by atoms with van der Waals surface area (Å²) in [5.74, 6) is -0.490. The number of cyclic esters (lactones) is 5. The number of rotatable bonds is 20. The first-order chi connectivity index (χ1) is 23.2. The van der Waals surface area contributed by atoms with Crippen molar-refractivity contribution < 1.29 is 47.7 Å². The van der Waals surface area contributed by atoms with Crippen LogP contribution in [0, 0.1) is 5.41 Å². The second-order valence-corrected chi connectivity index (χ2v) is 15.3. The molecule has 0 spiro atoms. The van der Waals surface area contributed by atoms with Crippen LogP contribution in [0.1, 0.15) is 173 Å². The summed E-state index contributed by atoms with van der Waals surface area (Å²) in [6, 6.07) is 0. The van der Waals surface area contributed by atoms with Crippen molar-refractivity contribution in [3.63, 3.8) is 0 Å². The molecule has 0 aromatic rings. The van der Waals surface area contributed by atoms with Gasteiger partial charge in [-0.3, -0.25) is 24.0 Å². The zero-order valence-corrected chi connectivity index (χ0v) is 29.0. The first-order valence-corrected chi connectivity index (χ1v) is 19.2. The Hall–Kier alpha value is -2.65. The lowest BCUT2D eigenvalue weighted by atomic mass is 9.74. The van der Waals surface area contributed by atoms with Crippen LogP contribution >= 0.6 is 0 Å². The summed E-state index contributed by atoms with van der Waals surface area (Å²) in [6.07, 6.45) is 21.5. The van der Waals surface area contributed by atoms with E-state index in [1.807, 2.05) is 0 Å². The Morgan fingerprint density at radius 2 is 0.812 bits per heavy atom. The lowest BCUT2D eigenvalue weighted by Gasteiger charge is -2.36. The van der Waals surface area contributed by atoms with Gasteiger partial charge >= 0.3 is 29.8 Å². The van der Waals surface area contributed by atoms with E-state index in [9.17, 15) is 24.0 Å². The van der Waals surface area contributed by atoms with Crippen LogP contribution in [-0.4, -0.2) is 59.9 Å². The molecule has 5 saturated heterocycles. The Morgan fingerprint density at radius 1 is 0.458 bits per heavy atom. The second kappa shape index (κ2) is 17.8. The first-order valence-electron chi connectivity index (χ1n) is 19.2. The highest BCUT2D eigenvalue weighted by atomic mass is 16.6. The van der Waals surface area contributed by atoms with Gasteiger partial charge in [0.1, 0.15) is 30.0 Å². The van der Waals surface area contributed by atoms with E-state index in [1.54, 1.807) is 0 Å². The molecular weight excluding hydrogens is 616 g/mol. The Kier molecular flexibility index (Phi) is 13.6. The fourth-order valence-corrected chi connectivity index (χ4v) is 8.72. The fraction of sp³-hybridized carbons (Fsp3) is 0.868. The predicted molar refractivity (Wildman–Crippen MR) is 175 cm³/mol. The third-order valence-electron chi connectivity index (χ3n) is 11.6. The molecule has 5 aliphatic heterocycles. The predicted octanol–water partition coefficient (Wildman–Crippen LogP) is 7.50. The molecule has 5 rings (SSSR count). The standard InChI is InChI=1S/C38H58O10/c39-32-18-14-28(44-32)10-1-5-22-37(23-6-2-11-29-15-19-33(40)45-29)24-9-27-38(48-36(37)43,25-7-3-12-30-16-20-34(41)46-30)26-8-4-13-31-17-21-35(42)47-31/h28-31H,1-27H2. The van der Waals surface area contributed by atoms with Gasteiger partial charge < -0.3 is 23.7 Å². The number of hydrogen-bond acceptors (Lipinski definition) is 10. The van der Waals surface area contributed by atoms with Crippen molar-refractivity contribution >= 4 is 29.8 Å².